The summed E-state index contributed by atoms with van der Waals surface area (Å²) in [6, 6.07) is 19.8. The second-order valence-electron chi connectivity index (χ2n) is 9.13. The average Bonchev–Trinajstić information content (AvgIpc) is 3.42. The lowest BCUT2D eigenvalue weighted by Gasteiger charge is -2.10. The van der Waals surface area contributed by atoms with Crippen LogP contribution >= 0.6 is 0 Å². The number of hydrogen-bond acceptors (Lipinski definition) is 5. The van der Waals surface area contributed by atoms with Gasteiger partial charge in [-0.2, -0.15) is 18.3 Å². The van der Waals surface area contributed by atoms with Crippen LogP contribution in [-0.4, -0.2) is 45.6 Å². The van der Waals surface area contributed by atoms with Gasteiger partial charge in [0.2, 0.25) is 5.91 Å². The molecule has 8 nitrogen and oxygen atoms in total. The summed E-state index contributed by atoms with van der Waals surface area (Å²) in [4.78, 5) is 21.8. The zero-order chi connectivity index (χ0) is 27.2. The minimum absolute atomic E-state index is 0.00156. The molecule has 0 saturated heterocycles. The molecule has 4 N–H and O–H groups in total. The third-order valence-electron chi connectivity index (χ3n) is 6.94. The van der Waals surface area contributed by atoms with Crippen molar-refractivity contribution in [2.24, 2.45) is 0 Å². The van der Waals surface area contributed by atoms with Crippen LogP contribution < -0.4 is 10.1 Å². The highest BCUT2D eigenvalue weighted by Crippen LogP contribution is 2.65. The van der Waals surface area contributed by atoms with Crippen molar-refractivity contribution in [2.75, 3.05) is 12.4 Å². The fourth-order valence-electron chi connectivity index (χ4n) is 4.99. The minimum atomic E-state index is -5.08. The molecule has 2 heterocycles. The Bertz CT molecular complexity index is 1570. The van der Waals surface area contributed by atoms with Crippen LogP contribution in [0.4, 0.5) is 18.9 Å². The number of carbonyl (C=O) groups excluding carboxylic acids is 1. The van der Waals surface area contributed by atoms with Crippen LogP contribution in [0.25, 0.3) is 22.2 Å². The lowest BCUT2D eigenvalue weighted by molar-refractivity contribution is -0.192. The second kappa shape index (κ2) is 9.18. The van der Waals surface area contributed by atoms with Crippen LogP contribution in [-0.2, 0) is 21.6 Å². The van der Waals surface area contributed by atoms with Crippen molar-refractivity contribution in [1.29, 1.82) is 0 Å². The molecule has 11 heteroatoms. The van der Waals surface area contributed by atoms with Gasteiger partial charge in [0.1, 0.15) is 5.75 Å². The van der Waals surface area contributed by atoms with E-state index in [-0.39, 0.29) is 18.4 Å². The summed E-state index contributed by atoms with van der Waals surface area (Å²) in [5.74, 6) is -1.81. The number of carboxylic acids is 1. The van der Waals surface area contributed by atoms with Crippen molar-refractivity contribution < 1.29 is 37.7 Å². The molecular weight excluding hydrogens is 503 g/mol. The lowest BCUT2D eigenvalue weighted by atomic mass is 9.91. The van der Waals surface area contributed by atoms with Gasteiger partial charge in [0, 0.05) is 22.6 Å². The maximum absolute atomic E-state index is 12.9. The molecule has 1 spiro atoms. The number of amides is 1. The fourth-order valence-corrected chi connectivity index (χ4v) is 4.99. The summed E-state index contributed by atoms with van der Waals surface area (Å²) in [5.41, 5.74) is 6.11. The molecule has 2 atom stereocenters. The van der Waals surface area contributed by atoms with Gasteiger partial charge in [-0.05, 0) is 53.4 Å². The summed E-state index contributed by atoms with van der Waals surface area (Å²) in [6.45, 7) is -0.00156. The molecule has 1 aromatic heterocycles. The fraction of sp³-hybridized carbons (Fsp3) is 0.222. The van der Waals surface area contributed by atoms with Gasteiger partial charge < -0.3 is 20.3 Å². The van der Waals surface area contributed by atoms with Gasteiger partial charge in [0.25, 0.3) is 0 Å². The predicted octanol–water partition coefficient (Wildman–Crippen LogP) is 4.74. The van der Waals surface area contributed by atoms with Gasteiger partial charge in [-0.15, -0.1) is 0 Å². The molecule has 1 fully saturated rings. The summed E-state index contributed by atoms with van der Waals surface area (Å²) in [7, 11) is 1.64. The van der Waals surface area contributed by atoms with Gasteiger partial charge >= 0.3 is 12.1 Å². The number of aliphatic carboxylic acids is 1. The van der Waals surface area contributed by atoms with E-state index >= 15 is 0 Å². The van der Waals surface area contributed by atoms with Crippen molar-refractivity contribution in [3.63, 3.8) is 0 Å². The van der Waals surface area contributed by atoms with Crippen LogP contribution in [0.5, 0.6) is 5.75 Å². The van der Waals surface area contributed by atoms with E-state index in [2.05, 4.69) is 33.7 Å². The number of hydrogen-bond donors (Lipinski definition) is 4. The maximum Gasteiger partial charge on any atom is 0.490 e. The molecular formula is C27H22F3N3O5. The van der Waals surface area contributed by atoms with Gasteiger partial charge in [-0.3, -0.25) is 9.89 Å². The first-order valence-electron chi connectivity index (χ1n) is 11.6. The molecule has 1 aliphatic carbocycles. The average molecular weight is 525 g/mol. The zero-order valence-electron chi connectivity index (χ0n) is 20.0. The number of aliphatic hydroxyl groups excluding tert-OH is 1. The summed E-state index contributed by atoms with van der Waals surface area (Å²) in [6.07, 6.45) is -4.30. The predicted molar refractivity (Wildman–Crippen MR) is 132 cm³/mol. The van der Waals surface area contributed by atoms with Crippen molar-refractivity contribution in [3.8, 4) is 17.0 Å². The SMILES string of the molecule is COc1ccc2c(c1)[C@]1(C[C@H]1c1ccc3c(-c4cccc(CO)c4)n[nH]c3c1)C(=O)N2.O=C(O)C(F)(F)F. The number of carboxylic acid groups (broad SMARTS) is 1. The molecule has 2 aliphatic rings. The van der Waals surface area contributed by atoms with E-state index in [9.17, 15) is 23.1 Å². The number of fused-ring (bicyclic) bond motifs is 3. The topological polar surface area (TPSA) is 125 Å². The standard InChI is InChI=1S/C25H21N3O3.C2HF3O2/c1-31-17-6-8-21-19(11-17)25(24(30)26-21)12-20(25)15-5-7-18-22(10-15)27-28-23(18)16-4-2-3-14(9-16)13-29;3-2(4,5)1(6)7/h2-11,20,29H,12-13H2,1H3,(H,26,30)(H,27,28);(H,6,7)/t20-,25-;/m0./s1. The Kier molecular flexibility index (Phi) is 6.10. The van der Waals surface area contributed by atoms with E-state index in [1.54, 1.807) is 7.11 Å². The number of rotatable bonds is 4. The largest absolute Gasteiger partial charge is 0.497 e. The number of nitrogens with zero attached hydrogens (tertiary/aromatic N) is 1. The van der Waals surface area contributed by atoms with Crippen molar-refractivity contribution >= 4 is 28.5 Å². The number of H-pyrrole nitrogens is 1. The number of benzene rings is 3. The number of methoxy groups -OCH3 is 1. The Hall–Kier alpha value is -4.38. The Balaban J connectivity index is 0.000000374. The van der Waals surface area contributed by atoms with E-state index in [4.69, 9.17) is 14.6 Å². The smallest absolute Gasteiger partial charge is 0.490 e. The second-order valence-corrected chi connectivity index (χ2v) is 9.13. The molecule has 1 saturated carbocycles. The van der Waals surface area contributed by atoms with Crippen molar-refractivity contribution in [2.45, 2.75) is 30.5 Å². The number of nitrogens with one attached hydrogen (secondary N) is 2. The first-order valence-corrected chi connectivity index (χ1v) is 11.6. The molecule has 38 heavy (non-hydrogen) atoms. The minimum Gasteiger partial charge on any atom is -0.497 e. The highest BCUT2D eigenvalue weighted by atomic mass is 19.4. The first kappa shape index (κ1) is 25.3. The van der Waals surface area contributed by atoms with Crippen LogP contribution in [0.1, 0.15) is 29.0 Å². The third kappa shape index (κ3) is 4.24. The van der Waals surface area contributed by atoms with E-state index in [1.165, 1.54) is 0 Å². The lowest BCUT2D eigenvalue weighted by Crippen LogP contribution is -2.21. The number of halogens is 3. The quantitative estimate of drug-likeness (QED) is 0.305. The highest BCUT2D eigenvalue weighted by molar-refractivity contribution is 6.10. The number of carbonyl (C=O) groups is 2. The van der Waals surface area contributed by atoms with Crippen molar-refractivity contribution in [1.82, 2.24) is 10.2 Å². The number of alkyl halides is 3. The van der Waals surface area contributed by atoms with Gasteiger partial charge in [0.15, 0.2) is 0 Å². The molecule has 1 aliphatic heterocycles. The third-order valence-corrected chi connectivity index (χ3v) is 6.94. The molecule has 4 aromatic rings. The number of ether oxygens (including phenoxy) is 1. The van der Waals surface area contributed by atoms with Crippen LogP contribution in [0.3, 0.4) is 0 Å². The molecule has 6 rings (SSSR count). The summed E-state index contributed by atoms with van der Waals surface area (Å²) < 4.78 is 37.1. The normalized spacial score (nSPS) is 19.5. The summed E-state index contributed by atoms with van der Waals surface area (Å²) in [5, 5.41) is 28.3. The number of anilines is 1. The molecule has 0 bridgehead atoms. The van der Waals surface area contributed by atoms with E-state index in [0.29, 0.717) is 0 Å². The molecule has 0 unspecified atom stereocenters. The Morgan fingerprint density at radius 1 is 1.16 bits per heavy atom. The highest BCUT2D eigenvalue weighted by Gasteiger charge is 2.65. The van der Waals surface area contributed by atoms with E-state index < -0.39 is 17.6 Å². The molecule has 0 radical (unpaired) electrons. The van der Waals surface area contributed by atoms with Gasteiger partial charge in [0.05, 0.1) is 30.3 Å². The number of aromatic nitrogens is 2. The summed E-state index contributed by atoms with van der Waals surface area (Å²) >= 11 is 0. The first-order chi connectivity index (χ1) is 18.1. The molecule has 3 aromatic carbocycles. The Morgan fingerprint density at radius 3 is 2.61 bits per heavy atom. The van der Waals surface area contributed by atoms with Crippen LogP contribution in [0.15, 0.2) is 60.7 Å². The number of aromatic amines is 1. The zero-order valence-corrected chi connectivity index (χ0v) is 20.0. The van der Waals surface area contributed by atoms with E-state index in [1.807, 2.05) is 42.5 Å². The Labute approximate surface area is 214 Å². The van der Waals surface area contributed by atoms with Crippen LogP contribution in [0, 0.1) is 0 Å². The number of aliphatic hydroxyl groups is 1. The van der Waals surface area contributed by atoms with Gasteiger partial charge in [-0.25, -0.2) is 4.79 Å². The van der Waals surface area contributed by atoms with Crippen LogP contribution in [0.2, 0.25) is 0 Å². The molecule has 1 amide bonds. The monoisotopic (exact) mass is 525 g/mol. The van der Waals surface area contributed by atoms with E-state index in [0.717, 1.165) is 56.7 Å². The Morgan fingerprint density at radius 2 is 1.92 bits per heavy atom. The maximum atomic E-state index is 12.9. The molecule has 196 valence electrons. The van der Waals surface area contributed by atoms with Crippen molar-refractivity contribution in [3.05, 3.63) is 77.4 Å². The van der Waals surface area contributed by atoms with Gasteiger partial charge in [-0.1, -0.05) is 30.3 Å².